The van der Waals surface area contributed by atoms with Crippen LogP contribution in [0.4, 0.5) is 0 Å². The number of ether oxygens (including phenoxy) is 1. The van der Waals surface area contributed by atoms with E-state index in [0.29, 0.717) is 11.7 Å². The fraction of sp³-hybridized carbons (Fsp3) is 0.667. The molecule has 0 spiro atoms. The zero-order valence-corrected chi connectivity index (χ0v) is 19.3. The van der Waals surface area contributed by atoms with E-state index in [0.717, 1.165) is 24.2 Å². The first kappa shape index (κ1) is 20.7. The summed E-state index contributed by atoms with van der Waals surface area (Å²) in [5.74, 6) is 2.07. The molecular weight excluding hydrogens is 374 g/mol. The molecule has 4 atom stereocenters. The van der Waals surface area contributed by atoms with Crippen molar-refractivity contribution in [2.24, 2.45) is 21.1 Å². The van der Waals surface area contributed by atoms with Crippen LogP contribution >= 0.6 is 0 Å². The van der Waals surface area contributed by atoms with Gasteiger partial charge in [-0.05, 0) is 80.1 Å². The predicted molar refractivity (Wildman–Crippen MR) is 115 cm³/mol. The molecule has 2 fully saturated rings. The molecule has 0 aliphatic heterocycles. The van der Waals surface area contributed by atoms with Crippen LogP contribution in [-0.4, -0.2) is 37.7 Å². The van der Waals surface area contributed by atoms with Crippen molar-refractivity contribution < 1.29 is 13.4 Å². The number of fused-ring (bicyclic) bond motifs is 2. The third kappa shape index (κ3) is 4.08. The average Bonchev–Trinajstić information content (AvgIpc) is 2.94. The molecule has 2 saturated carbocycles. The summed E-state index contributed by atoms with van der Waals surface area (Å²) >= 11 is 0. The van der Waals surface area contributed by atoms with E-state index in [-0.39, 0.29) is 16.9 Å². The summed E-state index contributed by atoms with van der Waals surface area (Å²) in [6.07, 6.45) is 5.37. The van der Waals surface area contributed by atoms with E-state index in [2.05, 4.69) is 37.9 Å². The third-order valence-electron chi connectivity index (χ3n) is 6.67. The first-order valence-electron chi connectivity index (χ1n) is 9.82. The van der Waals surface area contributed by atoms with Crippen LogP contribution < -0.4 is 4.74 Å². The summed E-state index contributed by atoms with van der Waals surface area (Å²) < 4.78 is 29.1. The van der Waals surface area contributed by atoms with Gasteiger partial charge in [0.1, 0.15) is 16.7 Å². The van der Waals surface area contributed by atoms with Gasteiger partial charge in [0.15, 0.2) is 8.32 Å². The monoisotopic (exact) mass is 407 g/mol. The quantitative estimate of drug-likeness (QED) is 0.481. The maximum Gasteiger partial charge on any atom is 0.184 e. The first-order chi connectivity index (χ1) is 12.6. The van der Waals surface area contributed by atoms with E-state index in [1.54, 1.807) is 13.3 Å². The van der Waals surface area contributed by atoms with Crippen molar-refractivity contribution in [3.8, 4) is 5.75 Å². The first-order valence-corrected chi connectivity index (χ1v) is 14.5. The van der Waals surface area contributed by atoms with E-state index in [1.165, 1.54) is 6.42 Å². The minimum absolute atomic E-state index is 0.0277. The lowest BCUT2D eigenvalue weighted by atomic mass is 9.70. The summed E-state index contributed by atoms with van der Waals surface area (Å²) in [5, 5.41) is 0. The fourth-order valence-electron chi connectivity index (χ4n) is 5.00. The average molecular weight is 408 g/mol. The minimum Gasteiger partial charge on any atom is -0.497 e. The molecule has 0 saturated heterocycles. The van der Waals surface area contributed by atoms with Gasteiger partial charge in [-0.3, -0.25) is 0 Å². The van der Waals surface area contributed by atoms with Gasteiger partial charge in [0.05, 0.1) is 19.0 Å². The van der Waals surface area contributed by atoms with Crippen LogP contribution in [0.1, 0.15) is 38.7 Å². The smallest absolute Gasteiger partial charge is 0.184 e. The molecule has 150 valence electrons. The van der Waals surface area contributed by atoms with Crippen LogP contribution in [0.25, 0.3) is 0 Å². The van der Waals surface area contributed by atoms with Gasteiger partial charge in [0, 0.05) is 11.6 Å². The van der Waals surface area contributed by atoms with E-state index < -0.39 is 19.3 Å². The van der Waals surface area contributed by atoms with E-state index in [1.807, 2.05) is 24.3 Å². The fourth-order valence-corrected chi connectivity index (χ4v) is 7.63. The Balaban J connectivity index is 1.76. The van der Waals surface area contributed by atoms with Gasteiger partial charge in [-0.2, -0.15) is 4.40 Å². The molecule has 1 aromatic carbocycles. The second kappa shape index (κ2) is 7.45. The van der Waals surface area contributed by atoms with Crippen molar-refractivity contribution in [1.29, 1.82) is 0 Å². The van der Waals surface area contributed by atoms with E-state index in [9.17, 15) is 4.21 Å². The van der Waals surface area contributed by atoms with Crippen molar-refractivity contribution in [1.82, 2.24) is 0 Å². The summed E-state index contributed by atoms with van der Waals surface area (Å²) in [6.45, 7) is 11.4. The SMILES string of the molecule is COc1ccc(/C=N/S(=O)C[C@]23CC[C@H](C[C@H]2O[Si](C)(C)C)C3(C)C)cc1. The number of rotatable bonds is 7. The van der Waals surface area contributed by atoms with Crippen molar-refractivity contribution >= 4 is 25.5 Å². The van der Waals surface area contributed by atoms with Gasteiger partial charge in [0.2, 0.25) is 0 Å². The van der Waals surface area contributed by atoms with Crippen LogP contribution in [0.5, 0.6) is 5.75 Å². The Labute approximate surface area is 167 Å². The highest BCUT2D eigenvalue weighted by atomic mass is 32.2. The number of benzene rings is 1. The van der Waals surface area contributed by atoms with Crippen molar-refractivity contribution in [2.45, 2.75) is 58.9 Å². The van der Waals surface area contributed by atoms with Crippen molar-refractivity contribution in [3.05, 3.63) is 29.8 Å². The molecule has 3 rings (SSSR count). The topological polar surface area (TPSA) is 47.9 Å². The Morgan fingerprint density at radius 1 is 1.26 bits per heavy atom. The summed E-state index contributed by atoms with van der Waals surface area (Å²) in [7, 11) is -1.25. The van der Waals surface area contributed by atoms with Crippen LogP contribution in [0.2, 0.25) is 19.6 Å². The lowest BCUT2D eigenvalue weighted by Crippen LogP contribution is -2.47. The molecule has 2 bridgehead atoms. The molecular formula is C21H33NO3SSi. The lowest BCUT2D eigenvalue weighted by molar-refractivity contribution is 0.0287. The molecule has 4 nitrogen and oxygen atoms in total. The number of methoxy groups -OCH3 is 1. The Hall–Kier alpha value is -0.983. The van der Waals surface area contributed by atoms with Crippen molar-refractivity contribution in [2.75, 3.05) is 12.9 Å². The van der Waals surface area contributed by atoms with Gasteiger partial charge in [-0.1, -0.05) is 13.8 Å². The van der Waals surface area contributed by atoms with Crippen LogP contribution in [0.15, 0.2) is 28.7 Å². The Morgan fingerprint density at radius 3 is 2.48 bits per heavy atom. The van der Waals surface area contributed by atoms with Crippen LogP contribution in [0, 0.1) is 16.7 Å². The molecule has 0 amide bonds. The molecule has 6 heteroatoms. The zero-order chi connectivity index (χ0) is 19.9. The molecule has 0 aromatic heterocycles. The number of hydrogen-bond acceptors (Lipinski definition) is 3. The molecule has 0 heterocycles. The van der Waals surface area contributed by atoms with Crippen LogP contribution in [-0.2, 0) is 15.4 Å². The van der Waals surface area contributed by atoms with Crippen molar-refractivity contribution in [3.63, 3.8) is 0 Å². The highest BCUT2D eigenvalue weighted by Crippen LogP contribution is 2.67. The minimum atomic E-state index is -1.65. The van der Waals surface area contributed by atoms with E-state index in [4.69, 9.17) is 9.16 Å². The molecule has 0 N–H and O–H groups in total. The molecule has 2 aliphatic carbocycles. The van der Waals surface area contributed by atoms with Gasteiger partial charge in [0.25, 0.3) is 0 Å². The standard InChI is InChI=1S/C21H33NO3SSi/c1-20(2)17-11-12-21(20,19(13-17)25-27(4,5)6)15-26(23)22-14-16-7-9-18(24-3)10-8-16/h7-10,14,17,19H,11-13,15H2,1-6H3/b22-14+/t17-,19-,21-,26?/m1/s1. The second-order valence-corrected chi connectivity index (χ2v) is 15.1. The normalized spacial score (nSPS) is 30.7. The molecule has 1 unspecified atom stereocenters. The maximum atomic E-state index is 12.9. The molecule has 27 heavy (non-hydrogen) atoms. The zero-order valence-electron chi connectivity index (χ0n) is 17.5. The Kier molecular flexibility index (Phi) is 5.72. The highest BCUT2D eigenvalue weighted by Gasteiger charge is 2.65. The molecule has 0 radical (unpaired) electrons. The van der Waals surface area contributed by atoms with E-state index >= 15 is 0 Å². The largest absolute Gasteiger partial charge is 0.497 e. The van der Waals surface area contributed by atoms with Gasteiger partial charge in [-0.15, -0.1) is 0 Å². The second-order valence-electron chi connectivity index (χ2n) is 9.54. The highest BCUT2D eigenvalue weighted by molar-refractivity contribution is 7.83. The summed E-state index contributed by atoms with van der Waals surface area (Å²) in [4.78, 5) is 0. The van der Waals surface area contributed by atoms with Gasteiger partial charge < -0.3 is 9.16 Å². The number of nitrogens with zero attached hydrogens (tertiary/aromatic N) is 1. The lowest BCUT2D eigenvalue weighted by Gasteiger charge is -2.43. The Morgan fingerprint density at radius 2 is 1.93 bits per heavy atom. The van der Waals surface area contributed by atoms with Gasteiger partial charge in [-0.25, -0.2) is 4.21 Å². The maximum absolute atomic E-state index is 12.9. The predicted octanol–water partition coefficient (Wildman–Crippen LogP) is 4.82. The summed E-state index contributed by atoms with van der Waals surface area (Å²) in [5.41, 5.74) is 1.06. The molecule has 2 aliphatic rings. The molecule has 1 aromatic rings. The Bertz CT molecular complexity index is 726. The summed E-state index contributed by atoms with van der Waals surface area (Å²) in [6, 6.07) is 7.64. The van der Waals surface area contributed by atoms with Gasteiger partial charge >= 0.3 is 0 Å². The third-order valence-corrected chi connectivity index (χ3v) is 8.76. The number of hydrogen-bond donors (Lipinski definition) is 0. The van der Waals surface area contributed by atoms with Crippen LogP contribution in [0.3, 0.4) is 0 Å².